The molecule has 5 aromatic rings. The fourth-order valence-corrected chi connectivity index (χ4v) is 7.40. The molecular formula is C27H15Br3I3N3O3. The van der Waals surface area contributed by atoms with Gasteiger partial charge in [0, 0.05) is 24.1 Å². The number of rotatable bonds is 6. The van der Waals surface area contributed by atoms with Gasteiger partial charge in [0.15, 0.2) is 0 Å². The van der Waals surface area contributed by atoms with E-state index in [-0.39, 0.29) is 18.0 Å². The van der Waals surface area contributed by atoms with Crippen LogP contribution < -0.4 is 14.2 Å². The highest BCUT2D eigenvalue weighted by Gasteiger charge is 2.13. The van der Waals surface area contributed by atoms with Crippen molar-refractivity contribution >= 4 is 116 Å². The summed E-state index contributed by atoms with van der Waals surface area (Å²) in [6, 6.07) is 28.5. The number of hydrogen-bond acceptors (Lipinski definition) is 6. The van der Waals surface area contributed by atoms with Crippen LogP contribution in [-0.4, -0.2) is 15.0 Å². The monoisotopic (exact) mass is 1050 g/mol. The smallest absolute Gasteiger partial charge is 0.331 e. The second kappa shape index (κ2) is 15.2. The molecule has 0 spiro atoms. The van der Waals surface area contributed by atoms with E-state index in [0.29, 0.717) is 17.2 Å². The van der Waals surface area contributed by atoms with Gasteiger partial charge in [0.25, 0.3) is 0 Å². The van der Waals surface area contributed by atoms with Crippen molar-refractivity contribution in [2.75, 3.05) is 0 Å². The van der Waals surface area contributed by atoms with Crippen molar-refractivity contribution in [3.63, 3.8) is 0 Å². The van der Waals surface area contributed by atoms with E-state index >= 15 is 0 Å². The first-order valence-corrected chi connectivity index (χ1v) is 16.5. The third-order valence-corrected chi connectivity index (χ3v) is 7.92. The Kier molecular flexibility index (Phi) is 12.1. The topological polar surface area (TPSA) is 66.4 Å². The van der Waals surface area contributed by atoms with Gasteiger partial charge in [0.05, 0.1) is 0 Å². The molecule has 0 fully saturated rings. The minimum absolute atomic E-state index is 0.0477. The lowest BCUT2D eigenvalue weighted by molar-refractivity contribution is 0.362. The van der Waals surface area contributed by atoms with Gasteiger partial charge in [-0.25, -0.2) is 0 Å². The molecule has 0 amide bonds. The van der Waals surface area contributed by atoms with E-state index < -0.39 is 0 Å². The molecule has 198 valence electrons. The Labute approximate surface area is 291 Å². The van der Waals surface area contributed by atoms with Crippen molar-refractivity contribution in [1.82, 2.24) is 15.0 Å². The fourth-order valence-electron chi connectivity index (χ4n) is 2.80. The first-order chi connectivity index (χ1) is 18.7. The highest BCUT2D eigenvalue weighted by Crippen LogP contribution is 2.28. The second-order valence-electron chi connectivity index (χ2n) is 7.44. The maximum Gasteiger partial charge on any atom is 0.331 e. The van der Waals surface area contributed by atoms with Crippen molar-refractivity contribution < 1.29 is 14.2 Å². The number of aromatic nitrogens is 3. The molecule has 6 nitrogen and oxygen atoms in total. The molecule has 0 aliphatic rings. The molecule has 1 heterocycles. The van der Waals surface area contributed by atoms with Gasteiger partial charge in [0.2, 0.25) is 0 Å². The van der Waals surface area contributed by atoms with Gasteiger partial charge in [-0.05, 0) is 159 Å². The summed E-state index contributed by atoms with van der Waals surface area (Å²) < 4.78 is 24.0. The molecule has 0 aliphatic heterocycles. The van der Waals surface area contributed by atoms with E-state index in [9.17, 15) is 0 Å². The molecule has 39 heavy (non-hydrogen) atoms. The summed E-state index contributed by atoms with van der Waals surface area (Å²) in [6.07, 6.45) is 0. The molecule has 0 saturated heterocycles. The average Bonchev–Trinajstić information content (AvgIpc) is 2.88. The van der Waals surface area contributed by atoms with Gasteiger partial charge in [-0.2, -0.15) is 0 Å². The molecule has 12 heteroatoms. The Balaban J connectivity index is 0.000000333. The minimum atomic E-state index is 0.0477. The van der Waals surface area contributed by atoms with Crippen LogP contribution in [0.4, 0.5) is 0 Å². The standard InChI is InChI=1S/C21H12Br3N3O3.C6H3I3/c22-13-1-7-16(8-2-13)28-19-25-20(29-17-9-3-14(23)4-10-17)27-21(26-19)30-18-11-5-15(24)6-12-18;7-4-1-5(8)3-6(9)2-4/h1-12H;1-3H. The summed E-state index contributed by atoms with van der Waals surface area (Å²) in [5, 5.41) is 0. The first-order valence-electron chi connectivity index (χ1n) is 10.9. The highest BCUT2D eigenvalue weighted by atomic mass is 127. The Morgan fingerprint density at radius 2 is 0.641 bits per heavy atom. The molecule has 5 rings (SSSR count). The van der Waals surface area contributed by atoms with Crippen LogP contribution in [0.3, 0.4) is 0 Å². The van der Waals surface area contributed by atoms with Gasteiger partial charge in [-0.3, -0.25) is 0 Å². The predicted molar refractivity (Wildman–Crippen MR) is 187 cm³/mol. The Bertz CT molecular complexity index is 1330. The number of halogens is 6. The Morgan fingerprint density at radius 3 is 0.872 bits per heavy atom. The Morgan fingerprint density at radius 1 is 0.410 bits per heavy atom. The third-order valence-electron chi connectivity index (χ3n) is 4.47. The van der Waals surface area contributed by atoms with Gasteiger partial charge < -0.3 is 14.2 Å². The lowest BCUT2D eigenvalue weighted by Crippen LogP contribution is -2.01. The van der Waals surface area contributed by atoms with E-state index in [1.807, 2.05) is 36.4 Å². The molecule has 0 aliphatic carbocycles. The normalized spacial score (nSPS) is 10.3. The van der Waals surface area contributed by atoms with E-state index in [1.54, 1.807) is 36.4 Å². The minimum Gasteiger partial charge on any atom is -0.424 e. The zero-order valence-corrected chi connectivity index (χ0v) is 30.7. The average molecular weight is 1050 g/mol. The number of benzene rings is 4. The lowest BCUT2D eigenvalue weighted by atomic mass is 10.3. The molecule has 1 aromatic heterocycles. The lowest BCUT2D eigenvalue weighted by Gasteiger charge is -2.10. The van der Waals surface area contributed by atoms with Crippen LogP contribution in [-0.2, 0) is 0 Å². The van der Waals surface area contributed by atoms with Crippen LogP contribution in [0, 0.1) is 10.7 Å². The molecular weight excluding hydrogens is 1030 g/mol. The fraction of sp³-hybridized carbons (Fsp3) is 0. The molecule has 0 unspecified atom stereocenters. The van der Waals surface area contributed by atoms with Crippen molar-refractivity contribution in [2.24, 2.45) is 0 Å². The summed E-state index contributed by atoms with van der Waals surface area (Å²) in [5.41, 5.74) is 0. The summed E-state index contributed by atoms with van der Waals surface area (Å²) in [6.45, 7) is 0. The summed E-state index contributed by atoms with van der Waals surface area (Å²) in [5.74, 6) is 1.69. The third kappa shape index (κ3) is 10.7. The van der Waals surface area contributed by atoms with Crippen LogP contribution >= 0.6 is 116 Å². The molecule has 0 saturated carbocycles. The van der Waals surface area contributed by atoms with E-state index in [1.165, 1.54) is 10.7 Å². The van der Waals surface area contributed by atoms with Crippen LogP contribution in [0.2, 0.25) is 0 Å². The largest absolute Gasteiger partial charge is 0.424 e. The molecule has 0 atom stereocenters. The maximum absolute atomic E-state index is 5.77. The van der Waals surface area contributed by atoms with Crippen molar-refractivity contribution in [3.8, 4) is 35.3 Å². The van der Waals surface area contributed by atoms with Crippen LogP contribution in [0.1, 0.15) is 0 Å². The predicted octanol–water partition coefficient (Wildman–Crippen LogP) is 11.0. The van der Waals surface area contributed by atoms with E-state index in [4.69, 9.17) is 14.2 Å². The van der Waals surface area contributed by atoms with Crippen molar-refractivity contribution in [3.05, 3.63) is 115 Å². The summed E-state index contributed by atoms with van der Waals surface area (Å²) in [7, 11) is 0. The van der Waals surface area contributed by atoms with Gasteiger partial charge >= 0.3 is 18.0 Å². The molecule has 0 radical (unpaired) electrons. The number of hydrogen-bond donors (Lipinski definition) is 0. The molecule has 0 bridgehead atoms. The van der Waals surface area contributed by atoms with Crippen molar-refractivity contribution in [1.29, 1.82) is 0 Å². The molecule has 0 N–H and O–H groups in total. The number of ether oxygens (including phenoxy) is 3. The molecule has 4 aromatic carbocycles. The zero-order chi connectivity index (χ0) is 27.8. The van der Waals surface area contributed by atoms with Gasteiger partial charge in [-0.1, -0.05) is 47.8 Å². The summed E-state index contributed by atoms with van der Waals surface area (Å²) in [4.78, 5) is 12.7. The highest BCUT2D eigenvalue weighted by molar-refractivity contribution is 14.1. The van der Waals surface area contributed by atoms with Crippen LogP contribution in [0.15, 0.2) is 104 Å². The SMILES string of the molecule is Brc1ccc(Oc2nc(Oc3ccc(Br)cc3)nc(Oc3ccc(Br)cc3)n2)cc1.Ic1cc(I)cc(I)c1. The quantitative estimate of drug-likeness (QED) is 0.158. The second-order valence-corrected chi connectivity index (χ2v) is 13.9. The van der Waals surface area contributed by atoms with E-state index in [0.717, 1.165) is 13.4 Å². The number of nitrogens with zero attached hydrogens (tertiary/aromatic N) is 3. The van der Waals surface area contributed by atoms with Crippen LogP contribution in [0.5, 0.6) is 35.3 Å². The first kappa shape index (κ1) is 30.9. The van der Waals surface area contributed by atoms with Gasteiger partial charge in [0.1, 0.15) is 17.2 Å². The van der Waals surface area contributed by atoms with E-state index in [2.05, 4.69) is 149 Å². The Hall–Kier alpha value is -1.08. The maximum atomic E-state index is 5.77. The van der Waals surface area contributed by atoms with Crippen LogP contribution in [0.25, 0.3) is 0 Å². The van der Waals surface area contributed by atoms with Gasteiger partial charge in [-0.15, -0.1) is 15.0 Å². The summed E-state index contributed by atoms with van der Waals surface area (Å²) >= 11 is 17.1. The van der Waals surface area contributed by atoms with Crippen molar-refractivity contribution in [2.45, 2.75) is 0 Å². The zero-order valence-electron chi connectivity index (χ0n) is 19.5.